The van der Waals surface area contributed by atoms with Crippen LogP contribution >= 0.6 is 0 Å². The van der Waals surface area contributed by atoms with Gasteiger partial charge in [0.15, 0.2) is 5.82 Å². The lowest BCUT2D eigenvalue weighted by atomic mass is 10.4. The number of rotatable bonds is 5. The average molecular weight is 288 g/mol. The Morgan fingerprint density at radius 1 is 1.24 bits per heavy atom. The largest absolute Gasteiger partial charge is 0.384 e. The van der Waals surface area contributed by atoms with Crippen LogP contribution < -0.4 is 16.2 Å². The van der Waals surface area contributed by atoms with Crippen LogP contribution in [0.15, 0.2) is 23.1 Å². The van der Waals surface area contributed by atoms with Crippen molar-refractivity contribution in [3.05, 3.63) is 40.2 Å². The van der Waals surface area contributed by atoms with E-state index in [2.05, 4.69) is 20.0 Å². The summed E-state index contributed by atoms with van der Waals surface area (Å²) < 4.78 is 1.33. The fourth-order valence-corrected chi connectivity index (χ4v) is 2.17. The maximum absolute atomic E-state index is 12.1. The van der Waals surface area contributed by atoms with E-state index in [0.717, 1.165) is 24.5 Å². The molecular formula is C14H20N6O. The summed E-state index contributed by atoms with van der Waals surface area (Å²) >= 11 is 0. The zero-order chi connectivity index (χ0) is 15.4. The molecule has 0 bridgehead atoms. The summed E-state index contributed by atoms with van der Waals surface area (Å²) in [6.07, 6.45) is 1.69. The molecule has 0 aliphatic carbocycles. The maximum atomic E-state index is 12.1. The number of nitrogens with two attached hydrogens (primary N) is 1. The molecule has 2 heterocycles. The number of hydrogen-bond acceptors (Lipinski definition) is 6. The second kappa shape index (κ2) is 6.34. The van der Waals surface area contributed by atoms with Gasteiger partial charge in [0.2, 0.25) is 0 Å². The minimum atomic E-state index is -0.178. The van der Waals surface area contributed by atoms with Gasteiger partial charge in [-0.15, -0.1) is 0 Å². The summed E-state index contributed by atoms with van der Waals surface area (Å²) in [6, 6.07) is 3.27. The number of anilines is 2. The van der Waals surface area contributed by atoms with Crippen molar-refractivity contribution in [2.75, 3.05) is 23.7 Å². The molecule has 112 valence electrons. The number of aryl methyl sites for hydroxylation is 1. The molecule has 0 aromatic carbocycles. The van der Waals surface area contributed by atoms with Gasteiger partial charge in [-0.05, 0) is 20.8 Å². The van der Waals surface area contributed by atoms with Crippen molar-refractivity contribution < 1.29 is 0 Å². The SMILES string of the molecule is CCN(CC)c1cnn(Cc2nc(C)cc(N)n2)c(=O)c1. The third-order valence-electron chi connectivity index (χ3n) is 3.20. The quantitative estimate of drug-likeness (QED) is 0.876. The van der Waals surface area contributed by atoms with Crippen molar-refractivity contribution in [1.29, 1.82) is 0 Å². The second-order valence-corrected chi connectivity index (χ2v) is 4.73. The zero-order valence-electron chi connectivity index (χ0n) is 12.6. The van der Waals surface area contributed by atoms with Gasteiger partial charge in [-0.2, -0.15) is 5.10 Å². The predicted octanol–water partition coefficient (Wildman–Crippen LogP) is 0.818. The van der Waals surface area contributed by atoms with Crippen LogP contribution in [0, 0.1) is 6.92 Å². The summed E-state index contributed by atoms with van der Waals surface area (Å²) in [4.78, 5) is 22.6. The van der Waals surface area contributed by atoms with Crippen molar-refractivity contribution in [3.63, 3.8) is 0 Å². The van der Waals surface area contributed by atoms with Gasteiger partial charge in [0, 0.05) is 30.9 Å². The Labute approximate surface area is 123 Å². The minimum absolute atomic E-state index is 0.178. The molecule has 0 saturated heterocycles. The molecule has 0 amide bonds. The van der Waals surface area contributed by atoms with E-state index in [4.69, 9.17) is 5.73 Å². The first-order valence-corrected chi connectivity index (χ1v) is 6.95. The minimum Gasteiger partial charge on any atom is -0.384 e. The highest BCUT2D eigenvalue weighted by Crippen LogP contribution is 2.08. The summed E-state index contributed by atoms with van der Waals surface area (Å²) in [5.41, 5.74) is 7.10. The average Bonchev–Trinajstić information content (AvgIpc) is 2.42. The van der Waals surface area contributed by atoms with Crippen LogP contribution in [0.1, 0.15) is 25.4 Å². The van der Waals surface area contributed by atoms with Gasteiger partial charge in [-0.25, -0.2) is 14.6 Å². The number of hydrogen-bond donors (Lipinski definition) is 1. The molecule has 0 fully saturated rings. The van der Waals surface area contributed by atoms with Crippen molar-refractivity contribution in [2.24, 2.45) is 0 Å². The van der Waals surface area contributed by atoms with Gasteiger partial charge in [0.25, 0.3) is 5.56 Å². The molecule has 2 N–H and O–H groups in total. The first-order chi connectivity index (χ1) is 10.0. The van der Waals surface area contributed by atoms with Crippen molar-refractivity contribution in [3.8, 4) is 0 Å². The van der Waals surface area contributed by atoms with Crippen LogP contribution in [-0.2, 0) is 6.54 Å². The fraction of sp³-hybridized carbons (Fsp3) is 0.429. The van der Waals surface area contributed by atoms with Gasteiger partial charge in [0.1, 0.15) is 12.4 Å². The predicted molar refractivity (Wildman–Crippen MR) is 82.3 cm³/mol. The van der Waals surface area contributed by atoms with Crippen LogP contribution in [0.4, 0.5) is 11.5 Å². The van der Waals surface area contributed by atoms with E-state index in [1.54, 1.807) is 18.3 Å². The highest BCUT2D eigenvalue weighted by Gasteiger charge is 2.08. The van der Waals surface area contributed by atoms with Gasteiger partial charge in [0.05, 0.1) is 11.9 Å². The first kappa shape index (κ1) is 15.0. The molecule has 0 unspecified atom stereocenters. The number of nitrogen functional groups attached to an aromatic ring is 1. The van der Waals surface area contributed by atoms with E-state index in [1.165, 1.54) is 4.68 Å². The summed E-state index contributed by atoms with van der Waals surface area (Å²) in [5.74, 6) is 0.878. The lowest BCUT2D eigenvalue weighted by molar-refractivity contribution is 0.611. The molecule has 2 aromatic rings. The Balaban J connectivity index is 2.27. The van der Waals surface area contributed by atoms with E-state index >= 15 is 0 Å². The van der Waals surface area contributed by atoms with E-state index in [-0.39, 0.29) is 12.1 Å². The molecule has 0 radical (unpaired) electrons. The van der Waals surface area contributed by atoms with Gasteiger partial charge in [-0.1, -0.05) is 0 Å². The second-order valence-electron chi connectivity index (χ2n) is 4.73. The Morgan fingerprint density at radius 2 is 1.95 bits per heavy atom. The van der Waals surface area contributed by atoms with E-state index in [1.807, 2.05) is 20.8 Å². The smallest absolute Gasteiger partial charge is 0.269 e. The summed E-state index contributed by atoms with van der Waals surface area (Å²) in [7, 11) is 0. The highest BCUT2D eigenvalue weighted by molar-refractivity contribution is 5.42. The third-order valence-corrected chi connectivity index (χ3v) is 3.20. The lowest BCUT2D eigenvalue weighted by Crippen LogP contribution is -2.28. The van der Waals surface area contributed by atoms with Gasteiger partial charge < -0.3 is 10.6 Å². The molecule has 0 saturated carbocycles. The molecule has 21 heavy (non-hydrogen) atoms. The van der Waals surface area contributed by atoms with E-state index in [9.17, 15) is 4.79 Å². The molecule has 2 aromatic heterocycles. The third kappa shape index (κ3) is 3.56. The van der Waals surface area contributed by atoms with Crippen molar-refractivity contribution >= 4 is 11.5 Å². The summed E-state index contributed by atoms with van der Waals surface area (Å²) in [5, 5.41) is 4.19. The van der Waals surface area contributed by atoms with Crippen LogP contribution in [0.3, 0.4) is 0 Å². The molecule has 7 nitrogen and oxygen atoms in total. The summed E-state index contributed by atoms with van der Waals surface area (Å²) in [6.45, 7) is 7.79. The Bertz CT molecular complexity index is 657. The maximum Gasteiger partial charge on any atom is 0.269 e. The molecule has 0 atom stereocenters. The van der Waals surface area contributed by atoms with Gasteiger partial charge >= 0.3 is 0 Å². The normalized spacial score (nSPS) is 10.6. The first-order valence-electron chi connectivity index (χ1n) is 6.95. The highest BCUT2D eigenvalue weighted by atomic mass is 16.1. The van der Waals surface area contributed by atoms with Crippen molar-refractivity contribution in [1.82, 2.24) is 19.7 Å². The zero-order valence-corrected chi connectivity index (χ0v) is 12.6. The lowest BCUT2D eigenvalue weighted by Gasteiger charge is -2.20. The molecule has 7 heteroatoms. The number of nitrogens with zero attached hydrogens (tertiary/aromatic N) is 5. The van der Waals surface area contributed by atoms with E-state index < -0.39 is 0 Å². The van der Waals surface area contributed by atoms with Crippen LogP contribution in [-0.4, -0.2) is 32.8 Å². The van der Waals surface area contributed by atoms with E-state index in [0.29, 0.717) is 11.6 Å². The molecule has 2 rings (SSSR count). The Hall–Kier alpha value is -2.44. The van der Waals surface area contributed by atoms with Crippen LogP contribution in [0.2, 0.25) is 0 Å². The Kier molecular flexibility index (Phi) is 4.52. The monoisotopic (exact) mass is 288 g/mol. The standard InChI is InChI=1S/C14H20N6O/c1-4-19(5-2)11-7-14(21)20(16-8-11)9-13-17-10(3)6-12(15)18-13/h6-8H,4-5,9H2,1-3H3,(H2,15,17,18). The van der Waals surface area contributed by atoms with Gasteiger partial charge in [-0.3, -0.25) is 4.79 Å². The molecule has 0 spiro atoms. The molecule has 0 aliphatic rings. The van der Waals surface area contributed by atoms with Crippen LogP contribution in [0.25, 0.3) is 0 Å². The number of aromatic nitrogens is 4. The van der Waals surface area contributed by atoms with Crippen molar-refractivity contribution in [2.45, 2.75) is 27.3 Å². The molecule has 0 aliphatic heterocycles. The van der Waals surface area contributed by atoms with Crippen LogP contribution in [0.5, 0.6) is 0 Å². The molecular weight excluding hydrogens is 268 g/mol. The fourth-order valence-electron chi connectivity index (χ4n) is 2.17. The topological polar surface area (TPSA) is 89.9 Å². The Morgan fingerprint density at radius 3 is 2.52 bits per heavy atom.